The van der Waals surface area contributed by atoms with Crippen molar-refractivity contribution in [2.75, 3.05) is 13.7 Å². The smallest absolute Gasteiger partial charge is 0.349 e. The number of aryl methyl sites for hydroxylation is 1. The van der Waals surface area contributed by atoms with Crippen molar-refractivity contribution in [3.05, 3.63) is 52.3 Å². The number of rotatable bonds is 5. The molecule has 1 aliphatic rings. The van der Waals surface area contributed by atoms with Gasteiger partial charge < -0.3 is 14.9 Å². The average molecular weight is 486 g/mol. The Morgan fingerprint density at radius 1 is 1.42 bits per heavy atom. The summed E-state index contributed by atoms with van der Waals surface area (Å²) in [7, 11) is 3.44. The molecule has 2 atom stereocenters. The number of hydrogen-bond donors (Lipinski definition) is 1. The molecule has 10 heteroatoms. The molecule has 4 heterocycles. The van der Waals surface area contributed by atoms with Crippen LogP contribution in [0.1, 0.15) is 43.4 Å². The van der Waals surface area contributed by atoms with Crippen molar-refractivity contribution in [3.8, 4) is 17.3 Å². The first kappa shape index (κ1) is 23.5. The van der Waals surface area contributed by atoms with Crippen LogP contribution in [0.3, 0.4) is 0 Å². The fraction of sp³-hybridized carbons (Fsp3) is 0.346. The van der Waals surface area contributed by atoms with Crippen LogP contribution in [0.2, 0.25) is 0 Å². The summed E-state index contributed by atoms with van der Waals surface area (Å²) in [6, 6.07) is 5.65. The van der Waals surface area contributed by atoms with Gasteiger partial charge in [-0.25, -0.2) is 4.79 Å². The summed E-state index contributed by atoms with van der Waals surface area (Å²) in [6.07, 6.45) is 8.77. The predicted octanol–water partition coefficient (Wildman–Crippen LogP) is 3.55. The molecular formula is C26H27N7O3. The summed E-state index contributed by atoms with van der Waals surface area (Å²) >= 11 is 0. The van der Waals surface area contributed by atoms with E-state index in [1.165, 1.54) is 6.20 Å². The Hall–Kier alpha value is -4.23. The van der Waals surface area contributed by atoms with Gasteiger partial charge in [0.1, 0.15) is 16.8 Å². The zero-order valence-electron chi connectivity index (χ0n) is 20.4. The molecule has 2 N–H and O–H groups in total. The molecule has 0 amide bonds. The maximum absolute atomic E-state index is 13.6. The van der Waals surface area contributed by atoms with Gasteiger partial charge in [-0.3, -0.25) is 14.2 Å². The summed E-state index contributed by atoms with van der Waals surface area (Å²) in [6.45, 7) is 2.64. The molecule has 0 radical (unpaired) electrons. The lowest BCUT2D eigenvalue weighted by Gasteiger charge is -2.30. The van der Waals surface area contributed by atoms with Crippen molar-refractivity contribution < 1.29 is 9.15 Å². The molecule has 0 aliphatic carbocycles. The lowest BCUT2D eigenvalue weighted by molar-refractivity contribution is -0.00709. The number of aliphatic imine (C=N–C) groups is 1. The fourth-order valence-corrected chi connectivity index (χ4v) is 4.96. The summed E-state index contributed by atoms with van der Waals surface area (Å²) in [5, 5.41) is 14.8. The second-order valence-corrected chi connectivity index (χ2v) is 8.89. The van der Waals surface area contributed by atoms with Gasteiger partial charge in [-0.1, -0.05) is 6.92 Å². The molecule has 3 aromatic heterocycles. The highest BCUT2D eigenvalue weighted by molar-refractivity contribution is 6.14. The highest BCUT2D eigenvalue weighted by atomic mass is 16.5. The Labute approximate surface area is 207 Å². The summed E-state index contributed by atoms with van der Waals surface area (Å²) in [5.74, 6) is 0. The van der Waals surface area contributed by atoms with Crippen LogP contribution in [0, 0.1) is 11.3 Å². The minimum Gasteiger partial charge on any atom is -0.452 e. The van der Waals surface area contributed by atoms with Gasteiger partial charge in [0.15, 0.2) is 5.58 Å². The van der Waals surface area contributed by atoms with Crippen molar-refractivity contribution in [2.45, 2.75) is 38.3 Å². The molecule has 5 rings (SSSR count). The second kappa shape index (κ2) is 9.43. The molecule has 1 aromatic carbocycles. The normalized spacial score (nSPS) is 18.9. The number of allylic oxidation sites excluding steroid dienone is 1. The van der Waals surface area contributed by atoms with Crippen molar-refractivity contribution in [2.24, 2.45) is 17.8 Å². The second-order valence-electron chi connectivity index (χ2n) is 8.89. The van der Waals surface area contributed by atoms with Gasteiger partial charge in [0, 0.05) is 67.4 Å². The number of nitriles is 1. The first-order valence-electron chi connectivity index (χ1n) is 11.9. The van der Waals surface area contributed by atoms with E-state index in [2.05, 4.69) is 28.1 Å². The van der Waals surface area contributed by atoms with E-state index in [9.17, 15) is 10.1 Å². The van der Waals surface area contributed by atoms with Crippen LogP contribution in [0.5, 0.6) is 0 Å². The lowest BCUT2D eigenvalue weighted by Crippen LogP contribution is -2.34. The van der Waals surface area contributed by atoms with Crippen LogP contribution >= 0.6 is 0 Å². The van der Waals surface area contributed by atoms with Crippen LogP contribution in [0.25, 0.3) is 38.9 Å². The standard InChI is InChI=1S/C26H27N7O3/c1-4-19-8-18(5-6-35-19)33-24-21-9-20(16(11-28)12-29-2)15(10-27)7-22(21)36-25(24)23(31-26(33)34)17-13-30-32(3)14-17/h7,9,11-14,18-19H,4-6,8,28H2,1-3H3/b16-11+,29-12?. The quantitative estimate of drug-likeness (QED) is 0.427. The van der Waals surface area contributed by atoms with Gasteiger partial charge in [-0.2, -0.15) is 15.3 Å². The van der Waals surface area contributed by atoms with Gasteiger partial charge >= 0.3 is 5.69 Å². The van der Waals surface area contributed by atoms with E-state index in [1.807, 2.05) is 6.07 Å². The first-order valence-corrected chi connectivity index (χ1v) is 11.9. The Kier molecular flexibility index (Phi) is 6.16. The molecule has 184 valence electrons. The number of ether oxygens (including phenoxy) is 1. The fourth-order valence-electron chi connectivity index (χ4n) is 4.96. The Morgan fingerprint density at radius 3 is 2.92 bits per heavy atom. The molecule has 0 spiro atoms. The molecule has 0 saturated carbocycles. The zero-order valence-corrected chi connectivity index (χ0v) is 20.4. The third-order valence-corrected chi connectivity index (χ3v) is 6.69. The first-order chi connectivity index (χ1) is 17.5. The van der Waals surface area contributed by atoms with E-state index in [0.717, 1.165) is 6.42 Å². The minimum absolute atomic E-state index is 0.0650. The number of aromatic nitrogens is 4. The van der Waals surface area contributed by atoms with E-state index in [-0.39, 0.29) is 17.8 Å². The van der Waals surface area contributed by atoms with Crippen molar-refractivity contribution >= 4 is 33.9 Å². The van der Waals surface area contributed by atoms with Gasteiger partial charge in [-0.05, 0) is 31.4 Å². The molecule has 1 saturated heterocycles. The van der Waals surface area contributed by atoms with Gasteiger partial charge in [-0.15, -0.1) is 0 Å². The van der Waals surface area contributed by atoms with Crippen LogP contribution in [0.4, 0.5) is 0 Å². The topological polar surface area (TPSA) is 137 Å². The predicted molar refractivity (Wildman–Crippen MR) is 138 cm³/mol. The molecule has 10 nitrogen and oxygen atoms in total. The molecule has 36 heavy (non-hydrogen) atoms. The number of nitrogens with zero attached hydrogens (tertiary/aromatic N) is 6. The van der Waals surface area contributed by atoms with Crippen molar-refractivity contribution in [1.29, 1.82) is 5.26 Å². The lowest BCUT2D eigenvalue weighted by atomic mass is 9.98. The Balaban J connectivity index is 1.88. The zero-order chi connectivity index (χ0) is 25.4. The van der Waals surface area contributed by atoms with E-state index in [4.69, 9.17) is 14.9 Å². The molecule has 0 bridgehead atoms. The molecular weight excluding hydrogens is 458 g/mol. The maximum atomic E-state index is 13.6. The highest BCUT2D eigenvalue weighted by Gasteiger charge is 2.29. The average Bonchev–Trinajstić information content (AvgIpc) is 3.49. The monoisotopic (exact) mass is 485 g/mol. The van der Waals surface area contributed by atoms with Gasteiger partial charge in [0.25, 0.3) is 0 Å². The maximum Gasteiger partial charge on any atom is 0.349 e. The van der Waals surface area contributed by atoms with Crippen LogP contribution < -0.4 is 11.4 Å². The largest absolute Gasteiger partial charge is 0.452 e. The molecule has 1 fully saturated rings. The van der Waals surface area contributed by atoms with E-state index in [0.29, 0.717) is 69.5 Å². The van der Waals surface area contributed by atoms with E-state index >= 15 is 0 Å². The van der Waals surface area contributed by atoms with E-state index < -0.39 is 0 Å². The third kappa shape index (κ3) is 3.87. The van der Waals surface area contributed by atoms with Crippen molar-refractivity contribution in [1.82, 2.24) is 19.3 Å². The van der Waals surface area contributed by atoms with Gasteiger partial charge in [0.2, 0.25) is 0 Å². The molecule has 4 aromatic rings. The van der Waals surface area contributed by atoms with Crippen LogP contribution in [-0.4, -0.2) is 45.3 Å². The van der Waals surface area contributed by atoms with Crippen LogP contribution in [0.15, 0.2) is 44.9 Å². The Morgan fingerprint density at radius 2 is 2.25 bits per heavy atom. The third-order valence-electron chi connectivity index (χ3n) is 6.69. The number of furan rings is 1. The number of hydrogen-bond acceptors (Lipinski definition) is 8. The van der Waals surface area contributed by atoms with Crippen molar-refractivity contribution in [3.63, 3.8) is 0 Å². The summed E-state index contributed by atoms with van der Waals surface area (Å²) in [5.41, 5.74) is 9.80. The highest BCUT2D eigenvalue weighted by Crippen LogP contribution is 2.38. The number of nitrogens with two attached hydrogens (primary N) is 1. The van der Waals surface area contributed by atoms with E-state index in [1.54, 1.807) is 48.0 Å². The summed E-state index contributed by atoms with van der Waals surface area (Å²) in [4.78, 5) is 22.1. The minimum atomic E-state index is -0.360. The molecule has 1 aliphatic heterocycles. The van der Waals surface area contributed by atoms with Gasteiger partial charge in [0.05, 0.1) is 23.9 Å². The molecule has 2 unspecified atom stereocenters. The SMILES string of the molecule is CCC1CC(n2c(=O)nc(-c3cnn(C)c3)c3oc4cc(C#N)c(/C(C=NC)=C/N)cc4c32)CCO1. The van der Waals surface area contributed by atoms with Crippen LogP contribution in [-0.2, 0) is 11.8 Å². The Bertz CT molecular complexity index is 1620. The number of benzene rings is 1. The number of fused-ring (bicyclic) bond motifs is 3. The summed E-state index contributed by atoms with van der Waals surface area (Å²) < 4.78 is 15.6.